The first-order chi connectivity index (χ1) is 15.6. The lowest BCUT2D eigenvalue weighted by atomic mass is 10.1. The van der Waals surface area contributed by atoms with E-state index >= 15 is 0 Å². The molecule has 2 aliphatic rings. The lowest BCUT2D eigenvalue weighted by Gasteiger charge is -2.30. The molecular formula is C22H17ClN4O4S. The molecule has 1 amide bonds. The summed E-state index contributed by atoms with van der Waals surface area (Å²) < 4.78 is 17.3. The third-order valence-corrected chi connectivity index (χ3v) is 6.10. The highest BCUT2D eigenvalue weighted by atomic mass is 35.5. The molecule has 3 heterocycles. The van der Waals surface area contributed by atoms with Crippen molar-refractivity contribution in [2.24, 2.45) is 0 Å². The average Bonchev–Trinajstić information content (AvgIpc) is 3.18. The van der Waals surface area contributed by atoms with E-state index in [1.165, 1.54) is 23.6 Å². The number of aromatic nitrogens is 3. The molecule has 162 valence electrons. The second kappa shape index (κ2) is 8.33. The molecule has 0 unspecified atom stereocenters. The van der Waals surface area contributed by atoms with Crippen molar-refractivity contribution < 1.29 is 19.0 Å². The standard InChI is InChI=1S/C22H17ClN4O4S/c1-3-8-32-22-24-20-19(25-26-22)13-6-4-5-7-16(13)27(12(2)28)21(31-20)14-9-17-18(10-15(14)23)30-11-29-17/h3-7,9-10,21H,1,8,11H2,2H3/t21-/m1/s1. The first kappa shape index (κ1) is 20.6. The number of ether oxygens (including phenoxy) is 3. The maximum atomic E-state index is 12.9. The molecule has 0 saturated carbocycles. The molecule has 2 aromatic carbocycles. The van der Waals surface area contributed by atoms with Crippen LogP contribution in [0.3, 0.4) is 0 Å². The van der Waals surface area contributed by atoms with Crippen LogP contribution in [0.5, 0.6) is 17.4 Å². The zero-order valence-corrected chi connectivity index (χ0v) is 18.5. The number of carbonyl (C=O) groups excluding carboxylic acids is 1. The normalized spacial score (nSPS) is 15.9. The van der Waals surface area contributed by atoms with Crippen molar-refractivity contribution in [1.82, 2.24) is 15.2 Å². The zero-order chi connectivity index (χ0) is 22.2. The van der Waals surface area contributed by atoms with Gasteiger partial charge in [0.05, 0.1) is 10.7 Å². The number of thioether (sulfide) groups is 1. The molecule has 0 bridgehead atoms. The monoisotopic (exact) mass is 468 g/mol. The summed E-state index contributed by atoms with van der Waals surface area (Å²) in [5, 5.41) is 9.39. The fourth-order valence-electron chi connectivity index (χ4n) is 3.57. The Labute approximate surface area is 193 Å². The maximum Gasteiger partial charge on any atom is 0.247 e. The summed E-state index contributed by atoms with van der Waals surface area (Å²) in [6.07, 6.45) is 0.841. The number of hydrogen-bond donors (Lipinski definition) is 0. The van der Waals surface area contributed by atoms with E-state index in [0.29, 0.717) is 49.9 Å². The third-order valence-electron chi connectivity index (χ3n) is 4.94. The molecule has 0 radical (unpaired) electrons. The molecule has 1 aromatic heterocycles. The minimum Gasteiger partial charge on any atom is -0.454 e. The van der Waals surface area contributed by atoms with Crippen LogP contribution in [0, 0.1) is 0 Å². The van der Waals surface area contributed by atoms with Crippen molar-refractivity contribution in [2.75, 3.05) is 17.4 Å². The molecule has 2 aliphatic heterocycles. The number of hydrogen-bond acceptors (Lipinski definition) is 8. The fourth-order valence-corrected chi connectivity index (χ4v) is 4.33. The SMILES string of the molecule is C=CCSc1nnc2c(n1)O[C@H](c1cc3c(cc1Cl)OCO3)N(C(C)=O)c1ccccc1-2. The van der Waals surface area contributed by atoms with Gasteiger partial charge in [-0.25, -0.2) is 0 Å². The van der Waals surface area contributed by atoms with Gasteiger partial charge >= 0.3 is 0 Å². The number of fused-ring (bicyclic) bond motifs is 4. The largest absolute Gasteiger partial charge is 0.454 e. The molecule has 0 N–H and O–H groups in total. The average molecular weight is 469 g/mol. The van der Waals surface area contributed by atoms with Crippen LogP contribution in [0.25, 0.3) is 11.3 Å². The van der Waals surface area contributed by atoms with Crippen molar-refractivity contribution in [3.05, 3.63) is 59.6 Å². The molecule has 0 fully saturated rings. The molecule has 3 aromatic rings. The van der Waals surface area contributed by atoms with Crippen molar-refractivity contribution in [3.8, 4) is 28.6 Å². The van der Waals surface area contributed by atoms with Crippen LogP contribution in [0.2, 0.25) is 5.02 Å². The molecule has 5 rings (SSSR count). The van der Waals surface area contributed by atoms with E-state index in [1.807, 2.05) is 24.3 Å². The summed E-state index contributed by atoms with van der Waals surface area (Å²) in [7, 11) is 0. The second-order valence-electron chi connectivity index (χ2n) is 6.95. The van der Waals surface area contributed by atoms with Gasteiger partial charge in [-0.2, -0.15) is 4.98 Å². The molecular weight excluding hydrogens is 452 g/mol. The molecule has 32 heavy (non-hydrogen) atoms. The summed E-state index contributed by atoms with van der Waals surface area (Å²) >= 11 is 7.98. The highest BCUT2D eigenvalue weighted by Gasteiger charge is 2.36. The molecule has 10 heteroatoms. The van der Waals surface area contributed by atoms with Crippen LogP contribution >= 0.6 is 23.4 Å². The Morgan fingerprint density at radius 3 is 2.84 bits per heavy atom. The van der Waals surface area contributed by atoms with E-state index in [-0.39, 0.29) is 18.6 Å². The summed E-state index contributed by atoms with van der Waals surface area (Å²) in [6.45, 7) is 5.29. The molecule has 8 nitrogen and oxygen atoms in total. The summed E-state index contributed by atoms with van der Waals surface area (Å²) in [5.41, 5.74) is 2.26. The number of halogens is 1. The lowest BCUT2D eigenvalue weighted by molar-refractivity contribution is -0.118. The third kappa shape index (κ3) is 3.53. The highest BCUT2D eigenvalue weighted by molar-refractivity contribution is 7.99. The van der Waals surface area contributed by atoms with Crippen molar-refractivity contribution >= 4 is 35.0 Å². The van der Waals surface area contributed by atoms with Crippen LogP contribution < -0.4 is 19.1 Å². The van der Waals surface area contributed by atoms with Crippen LogP contribution in [0.15, 0.2) is 54.2 Å². The Bertz CT molecular complexity index is 1240. The number of nitrogens with zero attached hydrogens (tertiary/aromatic N) is 4. The predicted octanol–water partition coefficient (Wildman–Crippen LogP) is 4.64. The van der Waals surface area contributed by atoms with E-state index in [9.17, 15) is 4.79 Å². The number of para-hydroxylation sites is 1. The molecule has 0 saturated heterocycles. The maximum absolute atomic E-state index is 12.9. The number of carbonyl (C=O) groups is 1. The zero-order valence-electron chi connectivity index (χ0n) is 16.9. The highest BCUT2D eigenvalue weighted by Crippen LogP contribution is 2.46. The Kier molecular flexibility index (Phi) is 5.36. The van der Waals surface area contributed by atoms with Crippen LogP contribution in [0.1, 0.15) is 18.7 Å². The van der Waals surface area contributed by atoms with Crippen molar-refractivity contribution in [1.29, 1.82) is 0 Å². The summed E-state index contributed by atoms with van der Waals surface area (Å²) in [4.78, 5) is 19.0. The molecule has 0 aliphatic carbocycles. The van der Waals surface area contributed by atoms with E-state index in [2.05, 4.69) is 21.8 Å². The van der Waals surface area contributed by atoms with Gasteiger partial charge in [0.2, 0.25) is 30.0 Å². The van der Waals surface area contributed by atoms with E-state index < -0.39 is 6.23 Å². The summed E-state index contributed by atoms with van der Waals surface area (Å²) in [6, 6.07) is 10.8. The quantitative estimate of drug-likeness (QED) is 0.404. The van der Waals surface area contributed by atoms with Gasteiger partial charge in [0.25, 0.3) is 0 Å². The van der Waals surface area contributed by atoms with Crippen LogP contribution in [0.4, 0.5) is 5.69 Å². The van der Waals surface area contributed by atoms with Gasteiger partial charge in [-0.3, -0.25) is 9.69 Å². The predicted molar refractivity (Wildman–Crippen MR) is 120 cm³/mol. The van der Waals surface area contributed by atoms with Gasteiger partial charge in [0.1, 0.15) is 0 Å². The first-order valence-corrected chi connectivity index (χ1v) is 11.1. The fraction of sp³-hybridized carbons (Fsp3) is 0.182. The Balaban J connectivity index is 1.71. The summed E-state index contributed by atoms with van der Waals surface area (Å²) in [5.74, 6) is 1.69. The number of amides is 1. The first-order valence-electron chi connectivity index (χ1n) is 9.70. The number of anilines is 1. The van der Waals surface area contributed by atoms with Crippen LogP contribution in [-0.2, 0) is 4.79 Å². The smallest absolute Gasteiger partial charge is 0.247 e. The van der Waals surface area contributed by atoms with Gasteiger partial charge in [-0.05, 0) is 12.1 Å². The number of benzene rings is 2. The van der Waals surface area contributed by atoms with E-state index in [1.54, 1.807) is 18.2 Å². The van der Waals surface area contributed by atoms with Gasteiger partial charge in [-0.15, -0.1) is 16.8 Å². The Hall–Kier alpha value is -3.30. The van der Waals surface area contributed by atoms with Crippen molar-refractivity contribution in [2.45, 2.75) is 18.3 Å². The Morgan fingerprint density at radius 2 is 2.06 bits per heavy atom. The topological polar surface area (TPSA) is 86.7 Å². The minimum atomic E-state index is -0.911. The van der Waals surface area contributed by atoms with Crippen molar-refractivity contribution in [3.63, 3.8) is 0 Å². The minimum absolute atomic E-state index is 0.101. The second-order valence-corrected chi connectivity index (χ2v) is 8.35. The van der Waals surface area contributed by atoms with Gasteiger partial charge < -0.3 is 14.2 Å². The Morgan fingerprint density at radius 1 is 1.28 bits per heavy atom. The van der Waals surface area contributed by atoms with E-state index in [0.717, 1.165) is 0 Å². The van der Waals surface area contributed by atoms with Gasteiger partial charge in [0, 0.05) is 29.9 Å². The lowest BCUT2D eigenvalue weighted by Crippen LogP contribution is -2.36. The number of rotatable bonds is 4. The van der Waals surface area contributed by atoms with Gasteiger partial charge in [0.15, 0.2) is 17.2 Å². The molecule has 1 atom stereocenters. The van der Waals surface area contributed by atoms with E-state index in [4.69, 9.17) is 25.8 Å². The van der Waals surface area contributed by atoms with Crippen LogP contribution in [-0.4, -0.2) is 33.6 Å². The van der Waals surface area contributed by atoms with Gasteiger partial charge in [-0.1, -0.05) is 47.6 Å². The molecule has 0 spiro atoms.